The van der Waals surface area contributed by atoms with Crippen LogP contribution in [0.1, 0.15) is 12.7 Å². The highest BCUT2D eigenvalue weighted by Gasteiger charge is 2.38. The average molecular weight is 439 g/mol. The molecule has 0 saturated carbocycles. The summed E-state index contributed by atoms with van der Waals surface area (Å²) in [5.41, 5.74) is 0.0242. The monoisotopic (exact) mass is 438 g/mol. The van der Waals surface area contributed by atoms with Gasteiger partial charge in [0, 0.05) is 17.2 Å². The lowest BCUT2D eigenvalue weighted by Crippen LogP contribution is -2.41. The summed E-state index contributed by atoms with van der Waals surface area (Å²) in [5, 5.41) is 20.6. The zero-order valence-corrected chi connectivity index (χ0v) is 16.5. The van der Waals surface area contributed by atoms with Crippen LogP contribution in [-0.4, -0.2) is 37.2 Å². The van der Waals surface area contributed by atoms with E-state index in [2.05, 4.69) is 0 Å². The fourth-order valence-electron chi connectivity index (χ4n) is 2.49. The van der Waals surface area contributed by atoms with Crippen molar-refractivity contribution in [2.75, 3.05) is 0 Å². The molecule has 0 bridgehead atoms. The van der Waals surface area contributed by atoms with Crippen molar-refractivity contribution >= 4 is 63.5 Å². The highest BCUT2D eigenvalue weighted by molar-refractivity contribution is 8.26. The maximum Gasteiger partial charge on any atom is 0.326 e. The number of benzene rings is 1. The van der Waals surface area contributed by atoms with Crippen molar-refractivity contribution in [3.8, 4) is 11.3 Å². The molecule has 0 unspecified atom stereocenters. The van der Waals surface area contributed by atoms with Gasteiger partial charge in [-0.3, -0.25) is 19.8 Å². The van der Waals surface area contributed by atoms with Crippen molar-refractivity contribution in [3.63, 3.8) is 0 Å². The normalized spacial score (nSPS) is 16.6. The summed E-state index contributed by atoms with van der Waals surface area (Å²) in [7, 11) is 0. The van der Waals surface area contributed by atoms with Crippen LogP contribution in [-0.2, 0) is 9.59 Å². The van der Waals surface area contributed by atoms with E-state index in [1.54, 1.807) is 6.07 Å². The molecule has 1 aromatic heterocycles. The smallest absolute Gasteiger partial charge is 0.326 e. The molecule has 0 radical (unpaired) electrons. The van der Waals surface area contributed by atoms with Crippen LogP contribution in [0.3, 0.4) is 0 Å². The highest BCUT2D eigenvalue weighted by Crippen LogP contribution is 2.36. The van der Waals surface area contributed by atoms with Crippen LogP contribution < -0.4 is 0 Å². The molecule has 1 aromatic carbocycles. The molecule has 3 rings (SSSR count). The SMILES string of the molecule is C[C@H](C(=O)O)N1C(=O)/C(=C/c2ccc(-c3ccc(Cl)cc3[N+](=O)[O-])o2)SC1=S. The summed E-state index contributed by atoms with van der Waals surface area (Å²) in [6.45, 7) is 1.36. The van der Waals surface area contributed by atoms with Gasteiger partial charge in [0.15, 0.2) is 0 Å². The molecule has 8 nitrogen and oxygen atoms in total. The summed E-state index contributed by atoms with van der Waals surface area (Å²) in [6, 6.07) is 6.17. The van der Waals surface area contributed by atoms with E-state index in [-0.39, 0.29) is 37.0 Å². The number of nitro groups is 1. The first-order chi connectivity index (χ1) is 13.2. The first-order valence-electron chi connectivity index (χ1n) is 7.73. The lowest BCUT2D eigenvalue weighted by atomic mass is 10.1. The molecule has 2 heterocycles. The minimum atomic E-state index is -1.17. The fourth-order valence-corrected chi connectivity index (χ4v) is 4.06. The molecule has 0 aliphatic carbocycles. The fraction of sp³-hybridized carbons (Fsp3) is 0.118. The minimum absolute atomic E-state index is 0.131. The van der Waals surface area contributed by atoms with Crippen molar-refractivity contribution in [2.45, 2.75) is 13.0 Å². The van der Waals surface area contributed by atoms with Gasteiger partial charge in [-0.05, 0) is 31.2 Å². The van der Waals surface area contributed by atoms with Crippen LogP contribution in [0.5, 0.6) is 0 Å². The van der Waals surface area contributed by atoms with E-state index in [0.717, 1.165) is 16.7 Å². The number of nitrogens with zero attached hydrogens (tertiary/aromatic N) is 2. The molecular weight excluding hydrogens is 428 g/mol. The van der Waals surface area contributed by atoms with Gasteiger partial charge in [-0.1, -0.05) is 35.6 Å². The number of nitro benzene ring substituents is 1. The number of thioether (sulfide) groups is 1. The largest absolute Gasteiger partial charge is 0.480 e. The van der Waals surface area contributed by atoms with Crippen molar-refractivity contribution in [1.29, 1.82) is 0 Å². The van der Waals surface area contributed by atoms with Crippen LogP contribution in [0.15, 0.2) is 39.7 Å². The van der Waals surface area contributed by atoms with Gasteiger partial charge in [-0.15, -0.1) is 0 Å². The van der Waals surface area contributed by atoms with E-state index in [1.807, 2.05) is 0 Å². The van der Waals surface area contributed by atoms with Gasteiger partial charge < -0.3 is 9.52 Å². The van der Waals surface area contributed by atoms with Crippen molar-refractivity contribution in [1.82, 2.24) is 4.90 Å². The molecule has 2 aromatic rings. The van der Waals surface area contributed by atoms with Gasteiger partial charge in [-0.2, -0.15) is 0 Å². The standard InChI is InChI=1S/C17H11ClN2O6S2/c1-8(16(22)23)19-15(21)14(28-17(19)27)7-10-3-5-13(26-10)11-4-2-9(18)6-12(11)20(24)25/h2-8H,1H3,(H,22,23)/b14-7-/t8-/m1/s1. The number of carboxylic acids is 1. The molecule has 28 heavy (non-hydrogen) atoms. The second kappa shape index (κ2) is 7.74. The Hall–Kier alpha value is -2.69. The van der Waals surface area contributed by atoms with E-state index < -0.39 is 22.8 Å². The summed E-state index contributed by atoms with van der Waals surface area (Å²) < 4.78 is 5.75. The number of carbonyl (C=O) groups excluding carboxylic acids is 1. The third-order valence-electron chi connectivity index (χ3n) is 3.89. The Morgan fingerprint density at radius 2 is 2.14 bits per heavy atom. The van der Waals surface area contributed by atoms with Crippen LogP contribution in [0.25, 0.3) is 17.4 Å². The van der Waals surface area contributed by atoms with Crippen LogP contribution >= 0.6 is 35.6 Å². The number of carboxylic acid groups (broad SMARTS) is 1. The molecule has 11 heteroatoms. The first kappa shape index (κ1) is 20.1. The van der Waals surface area contributed by atoms with Crippen molar-refractivity contribution < 1.29 is 24.0 Å². The topological polar surface area (TPSA) is 114 Å². The Balaban J connectivity index is 1.92. The molecule has 1 saturated heterocycles. The zero-order valence-electron chi connectivity index (χ0n) is 14.1. The molecule has 1 fully saturated rings. The van der Waals surface area contributed by atoms with Gasteiger partial charge in [-0.25, -0.2) is 4.79 Å². The number of hydrogen-bond donors (Lipinski definition) is 1. The highest BCUT2D eigenvalue weighted by atomic mass is 35.5. The summed E-state index contributed by atoms with van der Waals surface area (Å²) in [5.74, 6) is -1.22. The van der Waals surface area contributed by atoms with Crippen molar-refractivity contribution in [3.05, 3.63) is 56.1 Å². The number of carbonyl (C=O) groups is 2. The van der Waals surface area contributed by atoms with E-state index in [0.29, 0.717) is 0 Å². The molecule has 1 atom stereocenters. The zero-order chi connectivity index (χ0) is 20.6. The Labute approximate surface area is 172 Å². The quantitative estimate of drug-likeness (QED) is 0.320. The third-order valence-corrected chi connectivity index (χ3v) is 5.46. The summed E-state index contributed by atoms with van der Waals surface area (Å²) >= 11 is 11.9. The molecular formula is C17H11ClN2O6S2. The van der Waals surface area contributed by atoms with Gasteiger partial charge in [0.05, 0.1) is 15.4 Å². The lowest BCUT2D eigenvalue weighted by molar-refractivity contribution is -0.384. The Kier molecular flexibility index (Phi) is 5.54. The summed E-state index contributed by atoms with van der Waals surface area (Å²) in [6.07, 6.45) is 1.42. The Morgan fingerprint density at radius 1 is 1.43 bits per heavy atom. The lowest BCUT2D eigenvalue weighted by Gasteiger charge is -2.18. The van der Waals surface area contributed by atoms with Gasteiger partial charge in [0.1, 0.15) is 21.9 Å². The average Bonchev–Trinajstić information content (AvgIpc) is 3.19. The number of thiocarbonyl (C=S) groups is 1. The Morgan fingerprint density at radius 3 is 2.79 bits per heavy atom. The van der Waals surface area contributed by atoms with Crippen LogP contribution in [0.4, 0.5) is 5.69 Å². The maximum absolute atomic E-state index is 12.5. The van der Waals surface area contributed by atoms with Crippen molar-refractivity contribution in [2.24, 2.45) is 0 Å². The van der Waals surface area contributed by atoms with Gasteiger partial charge in [0.25, 0.3) is 11.6 Å². The maximum atomic E-state index is 12.5. The van der Waals surface area contributed by atoms with E-state index in [1.165, 1.54) is 37.3 Å². The summed E-state index contributed by atoms with van der Waals surface area (Å²) in [4.78, 5) is 35.5. The molecule has 1 aliphatic rings. The van der Waals surface area contributed by atoms with E-state index in [9.17, 15) is 19.7 Å². The predicted molar refractivity (Wildman–Crippen MR) is 108 cm³/mol. The minimum Gasteiger partial charge on any atom is -0.480 e. The van der Waals surface area contributed by atoms with Crippen LogP contribution in [0.2, 0.25) is 5.02 Å². The number of hydrogen-bond acceptors (Lipinski definition) is 7. The predicted octanol–water partition coefficient (Wildman–Crippen LogP) is 4.18. The number of amides is 1. The van der Waals surface area contributed by atoms with Gasteiger partial charge in [0.2, 0.25) is 0 Å². The number of furan rings is 1. The molecule has 0 spiro atoms. The second-order valence-electron chi connectivity index (χ2n) is 5.69. The van der Waals surface area contributed by atoms with E-state index in [4.69, 9.17) is 33.3 Å². The third kappa shape index (κ3) is 3.79. The molecule has 1 aliphatic heterocycles. The first-order valence-corrected chi connectivity index (χ1v) is 9.33. The second-order valence-corrected chi connectivity index (χ2v) is 7.80. The molecule has 1 amide bonds. The van der Waals surface area contributed by atoms with E-state index >= 15 is 0 Å². The molecule has 1 N–H and O–H groups in total. The van der Waals surface area contributed by atoms with Gasteiger partial charge >= 0.3 is 5.97 Å². The Bertz CT molecular complexity index is 1050. The molecule has 144 valence electrons. The number of aliphatic carboxylic acids is 1. The number of rotatable bonds is 5. The number of halogens is 1. The van der Waals surface area contributed by atoms with Crippen LogP contribution in [0, 0.1) is 10.1 Å².